The molecule has 0 bridgehead atoms. The zero-order valence-corrected chi connectivity index (χ0v) is 11.5. The molecular formula is C13H10Cl2OS. The van der Waals surface area contributed by atoms with Crippen molar-refractivity contribution in [2.75, 3.05) is 0 Å². The topological polar surface area (TPSA) is 20.2 Å². The molecule has 88 valence electrons. The molecule has 0 atom stereocenters. The van der Waals surface area contributed by atoms with Crippen molar-refractivity contribution in [3.63, 3.8) is 0 Å². The van der Waals surface area contributed by atoms with Crippen LogP contribution >= 0.6 is 34.5 Å². The summed E-state index contributed by atoms with van der Waals surface area (Å²) < 4.78 is 0. The quantitative estimate of drug-likeness (QED) is 0.776. The Hall–Kier alpha value is -0.960. The number of hydrogen-bond donors (Lipinski definition) is 1. The van der Waals surface area contributed by atoms with Gasteiger partial charge in [0.25, 0.3) is 0 Å². The molecule has 1 N–H and O–H groups in total. The SMILES string of the molecule is C=C(C)c1csc(-c2ccc(Cl)c(Cl)c2)c1O. The lowest BCUT2D eigenvalue weighted by Gasteiger charge is -2.03. The van der Waals surface area contributed by atoms with Crippen LogP contribution < -0.4 is 0 Å². The van der Waals surface area contributed by atoms with Gasteiger partial charge in [0.05, 0.1) is 14.9 Å². The van der Waals surface area contributed by atoms with E-state index in [-0.39, 0.29) is 5.75 Å². The van der Waals surface area contributed by atoms with Crippen LogP contribution in [0.25, 0.3) is 16.0 Å². The van der Waals surface area contributed by atoms with Gasteiger partial charge in [-0.15, -0.1) is 11.3 Å². The van der Waals surface area contributed by atoms with Crippen LogP contribution in [-0.4, -0.2) is 5.11 Å². The first-order valence-corrected chi connectivity index (χ1v) is 6.56. The van der Waals surface area contributed by atoms with E-state index in [9.17, 15) is 5.11 Å². The number of aromatic hydroxyl groups is 1. The fourth-order valence-electron chi connectivity index (χ4n) is 1.50. The van der Waals surface area contributed by atoms with Gasteiger partial charge in [0, 0.05) is 10.9 Å². The Morgan fingerprint density at radius 1 is 1.29 bits per heavy atom. The van der Waals surface area contributed by atoms with E-state index >= 15 is 0 Å². The largest absolute Gasteiger partial charge is 0.506 e. The summed E-state index contributed by atoms with van der Waals surface area (Å²) in [5, 5.41) is 13.0. The summed E-state index contributed by atoms with van der Waals surface area (Å²) in [4.78, 5) is 0.779. The van der Waals surface area contributed by atoms with Crippen molar-refractivity contribution in [1.29, 1.82) is 0 Å². The van der Waals surface area contributed by atoms with Crippen LogP contribution in [-0.2, 0) is 0 Å². The number of halogens is 2. The molecule has 17 heavy (non-hydrogen) atoms. The van der Waals surface area contributed by atoms with Crippen molar-refractivity contribution in [2.45, 2.75) is 6.92 Å². The third kappa shape index (κ3) is 2.34. The molecule has 0 aliphatic heterocycles. The van der Waals surface area contributed by atoms with E-state index < -0.39 is 0 Å². The highest BCUT2D eigenvalue weighted by Gasteiger charge is 2.13. The van der Waals surface area contributed by atoms with Gasteiger partial charge in [-0.2, -0.15) is 0 Å². The minimum absolute atomic E-state index is 0.251. The molecule has 1 heterocycles. The smallest absolute Gasteiger partial charge is 0.141 e. The van der Waals surface area contributed by atoms with Crippen molar-refractivity contribution in [3.8, 4) is 16.2 Å². The summed E-state index contributed by atoms with van der Waals surface area (Å²) in [5.41, 5.74) is 2.47. The average molecular weight is 285 g/mol. The molecular weight excluding hydrogens is 275 g/mol. The van der Waals surface area contributed by atoms with Crippen molar-refractivity contribution in [1.82, 2.24) is 0 Å². The molecule has 2 rings (SSSR count). The Bertz CT molecular complexity index is 587. The monoisotopic (exact) mass is 284 g/mol. The van der Waals surface area contributed by atoms with Gasteiger partial charge in [0.1, 0.15) is 5.75 Å². The van der Waals surface area contributed by atoms with Crippen LogP contribution in [0.2, 0.25) is 10.0 Å². The lowest BCUT2D eigenvalue weighted by Crippen LogP contribution is -1.77. The van der Waals surface area contributed by atoms with Crippen LogP contribution in [0.4, 0.5) is 0 Å². The second-order valence-corrected chi connectivity index (χ2v) is 5.43. The zero-order chi connectivity index (χ0) is 12.6. The molecule has 0 radical (unpaired) electrons. The molecule has 0 fully saturated rings. The summed E-state index contributed by atoms with van der Waals surface area (Å²) >= 11 is 13.3. The molecule has 0 amide bonds. The summed E-state index contributed by atoms with van der Waals surface area (Å²) in [5.74, 6) is 0.251. The number of benzene rings is 1. The normalized spacial score (nSPS) is 10.5. The molecule has 0 saturated carbocycles. The fraction of sp³-hybridized carbons (Fsp3) is 0.0769. The fourth-order valence-corrected chi connectivity index (χ4v) is 2.83. The summed E-state index contributed by atoms with van der Waals surface area (Å²) in [7, 11) is 0. The zero-order valence-electron chi connectivity index (χ0n) is 9.13. The van der Waals surface area contributed by atoms with Crippen molar-refractivity contribution in [2.24, 2.45) is 0 Å². The van der Waals surface area contributed by atoms with E-state index in [4.69, 9.17) is 23.2 Å². The Morgan fingerprint density at radius 3 is 2.53 bits per heavy atom. The summed E-state index contributed by atoms with van der Waals surface area (Å²) in [6.45, 7) is 5.69. The number of allylic oxidation sites excluding steroid dienone is 1. The Morgan fingerprint density at radius 2 is 2.00 bits per heavy atom. The number of rotatable bonds is 2. The maximum atomic E-state index is 10.1. The predicted octanol–water partition coefficient (Wildman–Crippen LogP) is 5.46. The van der Waals surface area contributed by atoms with E-state index in [0.29, 0.717) is 10.0 Å². The van der Waals surface area contributed by atoms with Gasteiger partial charge in [-0.1, -0.05) is 35.8 Å². The molecule has 2 aromatic rings. The highest BCUT2D eigenvalue weighted by atomic mass is 35.5. The van der Waals surface area contributed by atoms with E-state index in [1.165, 1.54) is 11.3 Å². The van der Waals surface area contributed by atoms with Gasteiger partial charge in [0.15, 0.2) is 0 Å². The predicted molar refractivity (Wildman–Crippen MR) is 76.1 cm³/mol. The van der Waals surface area contributed by atoms with Gasteiger partial charge in [0.2, 0.25) is 0 Å². The molecule has 1 aromatic carbocycles. The van der Waals surface area contributed by atoms with Gasteiger partial charge in [-0.05, 0) is 30.2 Å². The van der Waals surface area contributed by atoms with Crippen LogP contribution in [0.3, 0.4) is 0 Å². The first-order chi connectivity index (χ1) is 8.00. The van der Waals surface area contributed by atoms with Crippen molar-refractivity contribution >= 4 is 40.1 Å². The highest BCUT2D eigenvalue weighted by molar-refractivity contribution is 7.14. The lowest BCUT2D eigenvalue weighted by molar-refractivity contribution is 0.478. The first kappa shape index (κ1) is 12.5. The van der Waals surface area contributed by atoms with E-state index in [1.54, 1.807) is 12.1 Å². The Balaban J connectivity index is 2.53. The molecule has 0 aliphatic rings. The summed E-state index contributed by atoms with van der Waals surface area (Å²) in [6.07, 6.45) is 0. The molecule has 0 unspecified atom stereocenters. The molecule has 4 heteroatoms. The van der Waals surface area contributed by atoms with Crippen LogP contribution in [0.15, 0.2) is 30.2 Å². The maximum Gasteiger partial charge on any atom is 0.141 e. The minimum Gasteiger partial charge on any atom is -0.506 e. The molecule has 1 aromatic heterocycles. The van der Waals surface area contributed by atoms with Gasteiger partial charge >= 0.3 is 0 Å². The molecule has 1 nitrogen and oxygen atoms in total. The Kier molecular flexibility index (Phi) is 3.48. The third-order valence-electron chi connectivity index (χ3n) is 2.41. The van der Waals surface area contributed by atoms with Gasteiger partial charge in [-0.3, -0.25) is 0 Å². The van der Waals surface area contributed by atoms with Crippen LogP contribution in [0, 0.1) is 0 Å². The van der Waals surface area contributed by atoms with Crippen LogP contribution in [0.1, 0.15) is 12.5 Å². The van der Waals surface area contributed by atoms with Gasteiger partial charge in [-0.25, -0.2) is 0 Å². The molecule has 0 saturated heterocycles. The Labute approximate surface area is 114 Å². The highest BCUT2D eigenvalue weighted by Crippen LogP contribution is 2.42. The standard InChI is InChI=1S/C13H10Cl2OS/c1-7(2)9-6-17-13(12(9)16)8-3-4-10(14)11(15)5-8/h3-6,16H,1H2,2H3. The summed E-state index contributed by atoms with van der Waals surface area (Å²) in [6, 6.07) is 5.30. The van der Waals surface area contributed by atoms with E-state index in [2.05, 4.69) is 6.58 Å². The lowest BCUT2D eigenvalue weighted by atomic mass is 10.1. The minimum atomic E-state index is 0.251. The molecule has 0 spiro atoms. The maximum absolute atomic E-state index is 10.1. The van der Waals surface area contributed by atoms with Crippen molar-refractivity contribution < 1.29 is 5.11 Å². The van der Waals surface area contributed by atoms with E-state index in [0.717, 1.165) is 21.6 Å². The third-order valence-corrected chi connectivity index (χ3v) is 4.16. The molecule has 0 aliphatic carbocycles. The van der Waals surface area contributed by atoms with Crippen molar-refractivity contribution in [3.05, 3.63) is 45.8 Å². The number of hydrogen-bond acceptors (Lipinski definition) is 2. The number of thiophene rings is 1. The first-order valence-electron chi connectivity index (χ1n) is 4.92. The second kappa shape index (κ2) is 4.73. The van der Waals surface area contributed by atoms with Crippen LogP contribution in [0.5, 0.6) is 5.75 Å². The van der Waals surface area contributed by atoms with Gasteiger partial charge < -0.3 is 5.11 Å². The van der Waals surface area contributed by atoms with E-state index in [1.807, 2.05) is 18.4 Å². The average Bonchev–Trinajstić information content (AvgIpc) is 2.64. The second-order valence-electron chi connectivity index (χ2n) is 3.74.